The summed E-state index contributed by atoms with van der Waals surface area (Å²) in [6.45, 7) is -0.612. The van der Waals surface area contributed by atoms with Gasteiger partial charge in [0.2, 0.25) is 0 Å². The maximum absolute atomic E-state index is 11.3. The van der Waals surface area contributed by atoms with E-state index in [1.807, 2.05) is 0 Å². The molecule has 0 aromatic carbocycles. The van der Waals surface area contributed by atoms with Crippen LogP contribution in [0.1, 0.15) is 0 Å². The van der Waals surface area contributed by atoms with Gasteiger partial charge in [0.1, 0.15) is 6.54 Å². The topological polar surface area (TPSA) is 102 Å². The number of hydrogen-bond acceptors (Lipinski definition) is 4. The SMILES string of the molecule is O=C(O)Cn1cc(Br)cc([N+](=O)[O-])c1=O. The number of hydrogen-bond donors (Lipinski definition) is 1. The monoisotopic (exact) mass is 276 g/mol. The zero-order valence-corrected chi connectivity index (χ0v) is 8.80. The molecule has 0 radical (unpaired) electrons. The Morgan fingerprint density at radius 2 is 2.27 bits per heavy atom. The fourth-order valence-electron chi connectivity index (χ4n) is 0.978. The molecule has 0 fully saturated rings. The number of carbonyl (C=O) groups is 1. The molecule has 0 aliphatic rings. The van der Waals surface area contributed by atoms with Gasteiger partial charge in [0, 0.05) is 16.7 Å². The molecule has 0 aliphatic carbocycles. The number of halogens is 1. The highest BCUT2D eigenvalue weighted by molar-refractivity contribution is 9.10. The first kappa shape index (κ1) is 11.4. The average Bonchev–Trinajstić information content (AvgIpc) is 2.09. The standard InChI is InChI=1S/C7H5BrN2O5/c8-4-1-5(10(14)15)7(13)9(2-4)3-6(11)12/h1-2H,3H2,(H,11,12). The molecule has 1 rings (SSSR count). The summed E-state index contributed by atoms with van der Waals surface area (Å²) in [6.07, 6.45) is 1.18. The highest BCUT2D eigenvalue weighted by atomic mass is 79.9. The molecule has 0 aliphatic heterocycles. The van der Waals surface area contributed by atoms with Crippen molar-refractivity contribution in [2.45, 2.75) is 6.54 Å². The van der Waals surface area contributed by atoms with Crippen LogP contribution >= 0.6 is 15.9 Å². The van der Waals surface area contributed by atoms with Crippen molar-refractivity contribution in [3.63, 3.8) is 0 Å². The van der Waals surface area contributed by atoms with Crippen LogP contribution in [0, 0.1) is 10.1 Å². The van der Waals surface area contributed by atoms with Crippen molar-refractivity contribution in [2.24, 2.45) is 0 Å². The van der Waals surface area contributed by atoms with Crippen molar-refractivity contribution < 1.29 is 14.8 Å². The number of aliphatic carboxylic acids is 1. The lowest BCUT2D eigenvalue weighted by Gasteiger charge is -2.02. The lowest BCUT2D eigenvalue weighted by atomic mass is 10.4. The van der Waals surface area contributed by atoms with E-state index in [1.54, 1.807) is 0 Å². The maximum atomic E-state index is 11.3. The highest BCUT2D eigenvalue weighted by Crippen LogP contribution is 2.13. The molecule has 0 unspecified atom stereocenters. The molecular formula is C7H5BrN2O5. The first-order valence-corrected chi connectivity index (χ1v) is 4.47. The van der Waals surface area contributed by atoms with Crippen molar-refractivity contribution in [1.82, 2.24) is 4.57 Å². The third kappa shape index (κ3) is 2.62. The van der Waals surface area contributed by atoms with Crippen LogP contribution in [0.2, 0.25) is 0 Å². The average molecular weight is 277 g/mol. The molecule has 0 atom stereocenters. The smallest absolute Gasteiger partial charge is 0.335 e. The van der Waals surface area contributed by atoms with Gasteiger partial charge in [-0.1, -0.05) is 0 Å². The van der Waals surface area contributed by atoms with Gasteiger partial charge in [-0.3, -0.25) is 24.3 Å². The first-order valence-electron chi connectivity index (χ1n) is 3.68. The van der Waals surface area contributed by atoms with Gasteiger partial charge < -0.3 is 5.11 Å². The van der Waals surface area contributed by atoms with E-state index in [0.29, 0.717) is 0 Å². The maximum Gasteiger partial charge on any atom is 0.335 e. The van der Waals surface area contributed by atoms with E-state index in [2.05, 4.69) is 15.9 Å². The van der Waals surface area contributed by atoms with Crippen LogP contribution in [-0.4, -0.2) is 20.6 Å². The van der Waals surface area contributed by atoms with Crippen molar-refractivity contribution in [3.05, 3.63) is 37.2 Å². The Kier molecular flexibility index (Phi) is 3.20. The zero-order chi connectivity index (χ0) is 11.6. The summed E-state index contributed by atoms with van der Waals surface area (Å²) in [4.78, 5) is 31.3. The number of nitrogens with zero attached hydrogens (tertiary/aromatic N) is 2. The Hall–Kier alpha value is -1.70. The summed E-state index contributed by atoms with van der Waals surface area (Å²) in [5.41, 5.74) is -1.60. The van der Waals surface area contributed by atoms with Crippen molar-refractivity contribution in [1.29, 1.82) is 0 Å². The minimum atomic E-state index is -1.25. The number of carboxylic acids is 1. The Morgan fingerprint density at radius 1 is 1.67 bits per heavy atom. The van der Waals surface area contributed by atoms with E-state index in [0.717, 1.165) is 10.6 Å². The molecule has 1 N–H and O–H groups in total. The molecule has 0 amide bonds. The second-order valence-electron chi connectivity index (χ2n) is 2.63. The fraction of sp³-hybridized carbons (Fsp3) is 0.143. The van der Waals surface area contributed by atoms with Crippen LogP contribution in [0.4, 0.5) is 5.69 Å². The quantitative estimate of drug-likeness (QED) is 0.643. The number of nitro groups is 1. The van der Waals surface area contributed by atoms with E-state index >= 15 is 0 Å². The molecule has 1 aromatic heterocycles. The molecule has 1 heterocycles. The zero-order valence-electron chi connectivity index (χ0n) is 7.21. The van der Waals surface area contributed by atoms with E-state index in [9.17, 15) is 19.7 Å². The number of aromatic nitrogens is 1. The second-order valence-corrected chi connectivity index (χ2v) is 3.54. The van der Waals surface area contributed by atoms with Gasteiger partial charge in [-0.2, -0.15) is 0 Å². The van der Waals surface area contributed by atoms with Gasteiger partial charge in [0.25, 0.3) is 0 Å². The number of pyridine rings is 1. The molecule has 0 bridgehead atoms. The second kappa shape index (κ2) is 4.22. The Labute approximate surface area is 91.2 Å². The number of carboxylic acid groups (broad SMARTS) is 1. The molecular weight excluding hydrogens is 272 g/mol. The van der Waals surface area contributed by atoms with Gasteiger partial charge in [-0.05, 0) is 15.9 Å². The molecule has 0 saturated heterocycles. The minimum absolute atomic E-state index is 0.273. The van der Waals surface area contributed by atoms with Crippen molar-refractivity contribution >= 4 is 27.6 Å². The van der Waals surface area contributed by atoms with Crippen LogP contribution in [0.25, 0.3) is 0 Å². The van der Waals surface area contributed by atoms with Crippen LogP contribution in [0.3, 0.4) is 0 Å². The predicted molar refractivity (Wildman–Crippen MR) is 52.7 cm³/mol. The molecule has 7 nitrogen and oxygen atoms in total. The fourth-order valence-corrected chi connectivity index (χ4v) is 1.44. The summed E-state index contributed by atoms with van der Waals surface area (Å²) in [5.74, 6) is -1.25. The van der Waals surface area contributed by atoms with Crippen molar-refractivity contribution in [3.8, 4) is 0 Å². The third-order valence-electron chi connectivity index (χ3n) is 1.54. The molecule has 8 heteroatoms. The van der Waals surface area contributed by atoms with Gasteiger partial charge in [0.05, 0.1) is 4.92 Å². The van der Waals surface area contributed by atoms with Crippen LogP contribution in [0.5, 0.6) is 0 Å². The Morgan fingerprint density at radius 3 is 2.73 bits per heavy atom. The van der Waals surface area contributed by atoms with Crippen molar-refractivity contribution in [2.75, 3.05) is 0 Å². The largest absolute Gasteiger partial charge is 0.480 e. The molecule has 0 spiro atoms. The lowest BCUT2D eigenvalue weighted by Crippen LogP contribution is -2.25. The van der Waals surface area contributed by atoms with E-state index in [-0.39, 0.29) is 4.47 Å². The third-order valence-corrected chi connectivity index (χ3v) is 1.97. The van der Waals surface area contributed by atoms with Gasteiger partial charge in [0.15, 0.2) is 0 Å². The molecule has 0 saturated carbocycles. The molecule has 80 valence electrons. The van der Waals surface area contributed by atoms with Gasteiger partial charge >= 0.3 is 17.2 Å². The summed E-state index contributed by atoms with van der Waals surface area (Å²) < 4.78 is 1.03. The summed E-state index contributed by atoms with van der Waals surface area (Å²) >= 11 is 2.95. The summed E-state index contributed by atoms with van der Waals surface area (Å²) in [5, 5.41) is 18.9. The lowest BCUT2D eigenvalue weighted by molar-refractivity contribution is -0.386. The van der Waals surface area contributed by atoms with E-state index in [1.165, 1.54) is 6.20 Å². The first-order chi connectivity index (χ1) is 6.91. The van der Waals surface area contributed by atoms with Gasteiger partial charge in [-0.15, -0.1) is 0 Å². The van der Waals surface area contributed by atoms with E-state index < -0.39 is 28.7 Å². The minimum Gasteiger partial charge on any atom is -0.480 e. The van der Waals surface area contributed by atoms with Crippen LogP contribution < -0.4 is 5.56 Å². The Balaban J connectivity index is 3.35. The van der Waals surface area contributed by atoms with Gasteiger partial charge in [-0.25, -0.2) is 0 Å². The van der Waals surface area contributed by atoms with E-state index in [4.69, 9.17) is 5.11 Å². The van der Waals surface area contributed by atoms with Crippen LogP contribution in [0.15, 0.2) is 21.5 Å². The summed E-state index contributed by atoms with van der Waals surface area (Å²) in [7, 11) is 0. The highest BCUT2D eigenvalue weighted by Gasteiger charge is 2.16. The number of rotatable bonds is 3. The molecule has 1 aromatic rings. The molecule has 15 heavy (non-hydrogen) atoms. The normalized spacial score (nSPS) is 9.93. The summed E-state index contributed by atoms with van der Waals surface area (Å²) in [6, 6.07) is 1.03. The predicted octanol–water partition coefficient (Wildman–Crippen LogP) is 0.604. The van der Waals surface area contributed by atoms with Crippen LogP contribution in [-0.2, 0) is 11.3 Å². The Bertz CT molecular complexity index is 481.